The van der Waals surface area contributed by atoms with Gasteiger partial charge in [0.2, 0.25) is 0 Å². The number of nitrogens with zero attached hydrogens (tertiary/aromatic N) is 3. The maximum absolute atomic E-state index is 12.8. The van der Waals surface area contributed by atoms with E-state index in [2.05, 4.69) is 20.2 Å². The molecule has 0 atom stereocenters. The molecule has 7 nitrogen and oxygen atoms in total. The van der Waals surface area contributed by atoms with Crippen molar-refractivity contribution in [3.05, 3.63) is 82.9 Å². The van der Waals surface area contributed by atoms with Crippen LogP contribution in [-0.2, 0) is 6.54 Å². The Balaban J connectivity index is 1.22. The average molecular weight is 413 g/mol. The summed E-state index contributed by atoms with van der Waals surface area (Å²) in [6.45, 7) is 3.24. The molecule has 1 saturated heterocycles. The average Bonchev–Trinajstić information content (AvgIpc) is 2.80. The number of hydrogen-bond acceptors (Lipinski definition) is 4. The number of hydrogen-bond donors (Lipinski definition) is 2. The Labute approximate surface area is 179 Å². The zero-order chi connectivity index (χ0) is 21.2. The molecular formula is C24H23N5O2. The Bertz CT molecular complexity index is 1300. The van der Waals surface area contributed by atoms with Crippen LogP contribution in [0.3, 0.4) is 0 Å². The normalized spacial score (nSPS) is 14.8. The minimum Gasteiger partial charge on any atom is -0.322 e. The number of benzene rings is 3. The molecule has 31 heavy (non-hydrogen) atoms. The van der Waals surface area contributed by atoms with E-state index in [1.165, 1.54) is 0 Å². The van der Waals surface area contributed by atoms with Gasteiger partial charge in [0.25, 0.3) is 5.56 Å². The van der Waals surface area contributed by atoms with Crippen LogP contribution >= 0.6 is 0 Å². The molecule has 0 bridgehead atoms. The molecule has 2 amide bonds. The van der Waals surface area contributed by atoms with Gasteiger partial charge >= 0.3 is 6.03 Å². The topological polar surface area (TPSA) is 81.3 Å². The second kappa shape index (κ2) is 8.20. The summed E-state index contributed by atoms with van der Waals surface area (Å²) >= 11 is 0. The first-order valence-electron chi connectivity index (χ1n) is 10.4. The summed E-state index contributed by atoms with van der Waals surface area (Å²) in [7, 11) is 0. The number of piperazine rings is 1. The van der Waals surface area contributed by atoms with Gasteiger partial charge in [0, 0.05) is 31.6 Å². The van der Waals surface area contributed by atoms with Crippen LogP contribution in [0.4, 0.5) is 10.5 Å². The monoisotopic (exact) mass is 413 g/mol. The maximum Gasteiger partial charge on any atom is 0.321 e. The lowest BCUT2D eigenvalue weighted by Crippen LogP contribution is -2.49. The molecule has 0 saturated carbocycles. The number of H-pyrrole nitrogens is 1. The molecule has 1 fully saturated rings. The van der Waals surface area contributed by atoms with Crippen molar-refractivity contribution in [1.29, 1.82) is 0 Å². The second-order valence-corrected chi connectivity index (χ2v) is 7.75. The highest BCUT2D eigenvalue weighted by Gasteiger charge is 2.22. The van der Waals surface area contributed by atoms with Crippen LogP contribution in [0.2, 0.25) is 0 Å². The summed E-state index contributed by atoms with van der Waals surface area (Å²) in [5.74, 6) is 0.650. The Morgan fingerprint density at radius 2 is 1.61 bits per heavy atom. The fourth-order valence-corrected chi connectivity index (χ4v) is 4.06. The molecule has 0 spiro atoms. The zero-order valence-electron chi connectivity index (χ0n) is 17.0. The lowest BCUT2D eigenvalue weighted by atomic mass is 10.1. The minimum absolute atomic E-state index is 0.0896. The number of fused-ring (bicyclic) bond motifs is 2. The highest BCUT2D eigenvalue weighted by molar-refractivity contribution is 6.01. The van der Waals surface area contributed by atoms with E-state index in [1.807, 2.05) is 65.6 Å². The summed E-state index contributed by atoms with van der Waals surface area (Å²) in [6.07, 6.45) is 0. The molecule has 5 rings (SSSR count). The number of nitrogens with one attached hydrogen (secondary N) is 2. The number of urea groups is 1. The number of carbonyl (C=O) groups excluding carboxylic acids is 1. The van der Waals surface area contributed by atoms with Crippen LogP contribution < -0.4 is 10.9 Å². The van der Waals surface area contributed by atoms with E-state index in [0.29, 0.717) is 36.4 Å². The van der Waals surface area contributed by atoms with Gasteiger partial charge in [-0.05, 0) is 23.6 Å². The molecule has 1 aliphatic heterocycles. The first-order chi connectivity index (χ1) is 15.2. The molecule has 3 aromatic carbocycles. The number of anilines is 1. The van der Waals surface area contributed by atoms with Crippen LogP contribution in [0.5, 0.6) is 0 Å². The van der Waals surface area contributed by atoms with Gasteiger partial charge in [-0.25, -0.2) is 9.78 Å². The van der Waals surface area contributed by atoms with Crippen LogP contribution in [0, 0.1) is 0 Å². The van der Waals surface area contributed by atoms with Crippen molar-refractivity contribution in [2.45, 2.75) is 6.54 Å². The first-order valence-corrected chi connectivity index (χ1v) is 10.4. The number of para-hydroxylation sites is 1. The van der Waals surface area contributed by atoms with Gasteiger partial charge in [-0.2, -0.15) is 0 Å². The molecular weight excluding hydrogens is 390 g/mol. The maximum atomic E-state index is 12.8. The second-order valence-electron chi connectivity index (χ2n) is 7.75. The number of aromatic nitrogens is 2. The molecule has 4 aromatic rings. The lowest BCUT2D eigenvalue weighted by Gasteiger charge is -2.34. The van der Waals surface area contributed by atoms with Gasteiger partial charge in [0.15, 0.2) is 0 Å². The number of amides is 2. The van der Waals surface area contributed by atoms with Gasteiger partial charge in [0.05, 0.1) is 23.1 Å². The van der Waals surface area contributed by atoms with E-state index in [1.54, 1.807) is 6.07 Å². The summed E-state index contributed by atoms with van der Waals surface area (Å²) in [4.78, 5) is 36.6. The molecule has 0 unspecified atom stereocenters. The molecule has 0 aliphatic carbocycles. The zero-order valence-corrected chi connectivity index (χ0v) is 17.0. The Morgan fingerprint density at radius 1 is 0.903 bits per heavy atom. The summed E-state index contributed by atoms with van der Waals surface area (Å²) < 4.78 is 0. The van der Waals surface area contributed by atoms with Crippen molar-refractivity contribution in [2.24, 2.45) is 0 Å². The van der Waals surface area contributed by atoms with Crippen LogP contribution in [-0.4, -0.2) is 52.0 Å². The quantitative estimate of drug-likeness (QED) is 0.539. The predicted octanol–water partition coefficient (Wildman–Crippen LogP) is 3.43. The molecule has 1 aromatic heterocycles. The van der Waals surface area contributed by atoms with Crippen molar-refractivity contribution < 1.29 is 4.79 Å². The van der Waals surface area contributed by atoms with E-state index in [9.17, 15) is 9.59 Å². The van der Waals surface area contributed by atoms with Crippen molar-refractivity contribution in [2.75, 3.05) is 31.5 Å². The third kappa shape index (κ3) is 4.00. The molecule has 156 valence electrons. The standard InChI is InChI=1S/C24H23N5O2/c30-23-19-9-3-4-10-21(19)25-22(27-23)16-28-12-14-29(15-13-28)24(31)26-20-11-5-7-17-6-1-2-8-18(17)20/h1-11H,12-16H2,(H,26,31)(H,25,27,30). The molecule has 2 heterocycles. The molecule has 7 heteroatoms. The molecule has 2 N–H and O–H groups in total. The van der Waals surface area contributed by atoms with Gasteiger partial charge in [-0.15, -0.1) is 0 Å². The highest BCUT2D eigenvalue weighted by atomic mass is 16.2. The van der Waals surface area contributed by atoms with E-state index in [0.717, 1.165) is 29.5 Å². The third-order valence-corrected chi connectivity index (χ3v) is 5.73. The number of carbonyl (C=O) groups is 1. The molecule has 0 radical (unpaired) electrons. The number of aromatic amines is 1. The number of rotatable bonds is 3. The highest BCUT2D eigenvalue weighted by Crippen LogP contribution is 2.23. The van der Waals surface area contributed by atoms with E-state index in [4.69, 9.17) is 0 Å². The Hall–Kier alpha value is -3.71. The van der Waals surface area contributed by atoms with Gasteiger partial charge in [-0.3, -0.25) is 9.69 Å². The predicted molar refractivity (Wildman–Crippen MR) is 122 cm³/mol. The smallest absolute Gasteiger partial charge is 0.321 e. The van der Waals surface area contributed by atoms with Gasteiger partial charge in [-0.1, -0.05) is 48.5 Å². The summed E-state index contributed by atoms with van der Waals surface area (Å²) in [5.41, 5.74) is 1.41. The lowest BCUT2D eigenvalue weighted by molar-refractivity contribution is 0.141. The Kier molecular flexibility index (Phi) is 5.09. The molecule has 1 aliphatic rings. The van der Waals surface area contributed by atoms with Gasteiger partial charge < -0.3 is 15.2 Å². The van der Waals surface area contributed by atoms with Gasteiger partial charge in [0.1, 0.15) is 5.82 Å². The minimum atomic E-state index is -0.117. The van der Waals surface area contributed by atoms with Crippen molar-refractivity contribution >= 4 is 33.4 Å². The van der Waals surface area contributed by atoms with E-state index < -0.39 is 0 Å². The van der Waals surface area contributed by atoms with Crippen molar-refractivity contribution in [3.8, 4) is 0 Å². The van der Waals surface area contributed by atoms with E-state index in [-0.39, 0.29) is 11.6 Å². The fraction of sp³-hybridized carbons (Fsp3) is 0.208. The largest absolute Gasteiger partial charge is 0.322 e. The fourth-order valence-electron chi connectivity index (χ4n) is 4.06. The third-order valence-electron chi connectivity index (χ3n) is 5.73. The van der Waals surface area contributed by atoms with Crippen LogP contribution in [0.25, 0.3) is 21.7 Å². The summed E-state index contributed by atoms with van der Waals surface area (Å²) in [6, 6.07) is 21.2. The van der Waals surface area contributed by atoms with Crippen molar-refractivity contribution in [3.63, 3.8) is 0 Å². The van der Waals surface area contributed by atoms with Crippen LogP contribution in [0.15, 0.2) is 71.5 Å². The summed E-state index contributed by atoms with van der Waals surface area (Å²) in [5, 5.41) is 5.78. The van der Waals surface area contributed by atoms with Crippen LogP contribution in [0.1, 0.15) is 5.82 Å². The van der Waals surface area contributed by atoms with Crippen molar-refractivity contribution in [1.82, 2.24) is 19.8 Å². The SMILES string of the molecule is O=C(Nc1cccc2ccccc12)N1CCN(Cc2nc3ccccc3c(=O)[nH]2)CC1. The Morgan fingerprint density at radius 3 is 2.45 bits per heavy atom. The van der Waals surface area contributed by atoms with E-state index >= 15 is 0 Å². The first kappa shape index (κ1) is 19.3.